The van der Waals surface area contributed by atoms with Crippen LogP contribution in [-0.2, 0) is 28.5 Å². The number of benzene rings is 1. The molecule has 11 nitrogen and oxygen atoms in total. The Bertz CT molecular complexity index is 975. The first-order valence-corrected chi connectivity index (χ1v) is 10.5. The number of carbonyl (C=O) groups is 5. The van der Waals surface area contributed by atoms with E-state index in [0.717, 1.165) is 0 Å². The van der Waals surface area contributed by atoms with Gasteiger partial charge in [-0.3, -0.25) is 14.4 Å². The fourth-order valence-electron chi connectivity index (χ4n) is 3.11. The van der Waals surface area contributed by atoms with Crippen molar-refractivity contribution in [3.63, 3.8) is 0 Å². The van der Waals surface area contributed by atoms with Crippen LogP contribution in [0.5, 0.6) is 0 Å². The van der Waals surface area contributed by atoms with Crippen molar-refractivity contribution < 1.29 is 43.5 Å². The number of aliphatic carboxylic acids is 2. The summed E-state index contributed by atoms with van der Waals surface area (Å²) in [5.41, 5.74) is -2.67. The molecule has 1 aromatic carbocycles. The summed E-state index contributed by atoms with van der Waals surface area (Å²) in [5.74, 6) is -7.21. The van der Waals surface area contributed by atoms with E-state index in [2.05, 4.69) is 10.6 Å². The number of rotatable bonds is 10. The van der Waals surface area contributed by atoms with E-state index in [1.807, 2.05) is 0 Å². The van der Waals surface area contributed by atoms with Gasteiger partial charge in [0.25, 0.3) is 11.5 Å². The normalized spacial score (nSPS) is 18.6. The van der Waals surface area contributed by atoms with Gasteiger partial charge >= 0.3 is 25.0 Å². The molecule has 1 fully saturated rings. The summed E-state index contributed by atoms with van der Waals surface area (Å²) in [7, 11) is -1.54. The Morgan fingerprint density at radius 2 is 1.85 bits per heavy atom. The Kier molecular flexibility index (Phi) is 8.70. The minimum absolute atomic E-state index is 0.0586. The van der Waals surface area contributed by atoms with Crippen LogP contribution < -0.4 is 10.6 Å². The molecule has 2 atom stereocenters. The topological polar surface area (TPSA) is 168 Å². The molecule has 0 spiro atoms. The molecule has 178 valence electrons. The summed E-state index contributed by atoms with van der Waals surface area (Å²) in [6, 6.07) is 4.25. The van der Waals surface area contributed by atoms with Crippen molar-refractivity contribution in [3.05, 3.63) is 33.8 Å². The molecule has 1 aliphatic rings. The maximum absolute atomic E-state index is 12.4. The van der Waals surface area contributed by atoms with Gasteiger partial charge in [0.05, 0.1) is 29.5 Å². The van der Waals surface area contributed by atoms with Gasteiger partial charge in [0.15, 0.2) is 0 Å². The highest BCUT2D eigenvalue weighted by Gasteiger charge is 2.62. The number of nitrogens with one attached hydrogen (secondary N) is 2. The van der Waals surface area contributed by atoms with Gasteiger partial charge in [-0.1, -0.05) is 37.0 Å². The molecule has 0 saturated carbocycles. The third-order valence-corrected chi connectivity index (χ3v) is 5.16. The second kappa shape index (κ2) is 10.9. The van der Waals surface area contributed by atoms with Gasteiger partial charge in [0, 0.05) is 5.02 Å². The summed E-state index contributed by atoms with van der Waals surface area (Å²) in [6.45, 7) is 3.09. The number of carboxylic acid groups (broad SMARTS) is 2. The fraction of sp³-hybridized carbons (Fsp3) is 0.421. The Labute approximate surface area is 198 Å². The van der Waals surface area contributed by atoms with Crippen molar-refractivity contribution in [2.75, 3.05) is 6.54 Å². The van der Waals surface area contributed by atoms with Crippen LogP contribution in [0.3, 0.4) is 0 Å². The van der Waals surface area contributed by atoms with E-state index < -0.39 is 61.3 Å². The molecule has 33 heavy (non-hydrogen) atoms. The van der Waals surface area contributed by atoms with E-state index in [1.54, 1.807) is 13.8 Å². The summed E-state index contributed by atoms with van der Waals surface area (Å²) in [4.78, 5) is 59.6. The van der Waals surface area contributed by atoms with E-state index in [1.165, 1.54) is 18.2 Å². The highest BCUT2D eigenvalue weighted by atomic mass is 35.5. The van der Waals surface area contributed by atoms with Gasteiger partial charge in [-0.2, -0.15) is 0 Å². The summed E-state index contributed by atoms with van der Waals surface area (Å²) in [6.07, 6.45) is -0.961. The summed E-state index contributed by atoms with van der Waals surface area (Å²) < 4.78 is 10.2. The van der Waals surface area contributed by atoms with Gasteiger partial charge in [-0.25, -0.2) is 9.59 Å². The van der Waals surface area contributed by atoms with Gasteiger partial charge < -0.3 is 30.2 Å². The molecule has 1 aliphatic heterocycles. The Hall–Kier alpha value is -2.83. The fourth-order valence-corrected chi connectivity index (χ4v) is 3.48. The first kappa shape index (κ1) is 26.4. The van der Waals surface area contributed by atoms with Crippen LogP contribution in [0.15, 0.2) is 18.2 Å². The molecule has 0 aromatic heterocycles. The molecule has 0 bridgehead atoms. The lowest BCUT2D eigenvalue weighted by Gasteiger charge is -2.23. The quantitative estimate of drug-likeness (QED) is 0.271. The Morgan fingerprint density at radius 3 is 2.42 bits per heavy atom. The van der Waals surface area contributed by atoms with Crippen molar-refractivity contribution in [2.24, 2.45) is 5.92 Å². The molecule has 2 amide bonds. The zero-order valence-corrected chi connectivity index (χ0v) is 19.1. The third-order valence-electron chi connectivity index (χ3n) is 4.60. The maximum atomic E-state index is 12.4. The zero-order chi connectivity index (χ0) is 24.9. The molecule has 14 heteroatoms. The largest absolute Gasteiger partial charge is 0.552 e. The molecule has 1 aromatic rings. The number of carbonyl (C=O) groups excluding carboxylic acids is 3. The summed E-state index contributed by atoms with van der Waals surface area (Å²) >= 11 is 11.8. The minimum atomic E-state index is -2.73. The molecule has 4 N–H and O–H groups in total. The van der Waals surface area contributed by atoms with Crippen LogP contribution in [0.1, 0.15) is 37.0 Å². The van der Waals surface area contributed by atoms with E-state index in [4.69, 9.17) is 37.6 Å². The van der Waals surface area contributed by atoms with E-state index in [0.29, 0.717) is 0 Å². The van der Waals surface area contributed by atoms with Crippen LogP contribution in [0, 0.1) is 5.92 Å². The van der Waals surface area contributed by atoms with Crippen LogP contribution in [0.25, 0.3) is 0 Å². The first-order valence-electron chi connectivity index (χ1n) is 9.72. The SMILES string of the molecule is CC(C)C[C@H](NC(=O)CNC(=O)c1cc(Cl)ccc1Cl)B1OC(=O)C(CC(=O)O)(C(=O)O)O1. The molecule has 1 unspecified atom stereocenters. The van der Waals surface area contributed by atoms with Crippen LogP contribution in [0.4, 0.5) is 0 Å². The average Bonchev–Trinajstić information content (AvgIpc) is 3.04. The first-order chi connectivity index (χ1) is 15.4. The van der Waals surface area contributed by atoms with Gasteiger partial charge in [0.1, 0.15) is 0 Å². The van der Waals surface area contributed by atoms with E-state index in [9.17, 15) is 29.1 Å². The standard InChI is InChI=1S/C19H21BCl2N2O9/c1-9(2)5-13(20-32-18(31)19(33-20,17(29)30)7-15(26)27)24-14(25)8-23-16(28)11-6-10(21)3-4-12(11)22/h3-4,6,9,13H,5,7-8H2,1-2H3,(H,23,28)(H,24,25)(H,26,27)(H,29,30)/t13-,19?/m0/s1. The summed E-state index contributed by atoms with van der Waals surface area (Å²) in [5, 5.41) is 23.7. The van der Waals surface area contributed by atoms with Crippen molar-refractivity contribution >= 4 is 60.0 Å². The maximum Gasteiger partial charge on any atom is 0.552 e. The number of hydrogen-bond acceptors (Lipinski definition) is 7. The van der Waals surface area contributed by atoms with Gasteiger partial charge in [-0.15, -0.1) is 0 Å². The van der Waals surface area contributed by atoms with E-state index in [-0.39, 0.29) is 27.9 Å². The lowest BCUT2D eigenvalue weighted by molar-refractivity contribution is -0.168. The highest BCUT2D eigenvalue weighted by molar-refractivity contribution is 6.53. The number of hydrogen-bond donors (Lipinski definition) is 4. The molecule has 1 saturated heterocycles. The molecular weight excluding hydrogens is 482 g/mol. The number of halogens is 2. The molecular formula is C19H21BCl2N2O9. The molecule has 0 radical (unpaired) electrons. The second-order valence-corrected chi connectivity index (χ2v) is 8.55. The monoisotopic (exact) mass is 502 g/mol. The second-order valence-electron chi connectivity index (χ2n) is 7.70. The highest BCUT2D eigenvalue weighted by Crippen LogP contribution is 2.30. The van der Waals surface area contributed by atoms with Crippen molar-refractivity contribution in [2.45, 2.75) is 38.2 Å². The number of carboxylic acids is 2. The average molecular weight is 503 g/mol. The zero-order valence-electron chi connectivity index (χ0n) is 17.6. The predicted octanol–water partition coefficient (Wildman–Crippen LogP) is 1.15. The van der Waals surface area contributed by atoms with Gasteiger partial charge in [-0.05, 0) is 30.5 Å². The molecule has 0 aliphatic carbocycles. The lowest BCUT2D eigenvalue weighted by atomic mass is 9.74. The van der Waals surface area contributed by atoms with Crippen molar-refractivity contribution in [1.82, 2.24) is 10.6 Å². The van der Waals surface area contributed by atoms with Crippen LogP contribution in [-0.4, -0.2) is 65.1 Å². The van der Waals surface area contributed by atoms with E-state index >= 15 is 0 Å². The molecule has 2 rings (SSSR count). The Morgan fingerprint density at radius 1 is 1.18 bits per heavy atom. The number of amides is 2. The smallest absolute Gasteiger partial charge is 0.506 e. The Balaban J connectivity index is 2.09. The van der Waals surface area contributed by atoms with Crippen LogP contribution in [0.2, 0.25) is 10.0 Å². The predicted molar refractivity (Wildman–Crippen MR) is 116 cm³/mol. The van der Waals surface area contributed by atoms with Crippen LogP contribution >= 0.6 is 23.2 Å². The molecule has 1 heterocycles. The lowest BCUT2D eigenvalue weighted by Crippen LogP contribution is -2.52. The van der Waals surface area contributed by atoms with Crippen molar-refractivity contribution in [1.29, 1.82) is 0 Å². The van der Waals surface area contributed by atoms with Gasteiger partial charge in [0.2, 0.25) is 5.91 Å². The minimum Gasteiger partial charge on any atom is -0.506 e. The third kappa shape index (κ3) is 6.59. The van der Waals surface area contributed by atoms with Crippen molar-refractivity contribution in [3.8, 4) is 0 Å².